The molecule has 0 spiro atoms. The molecule has 2 aliphatic carbocycles. The summed E-state index contributed by atoms with van der Waals surface area (Å²) in [6.07, 6.45) is -3.56. The van der Waals surface area contributed by atoms with Crippen molar-refractivity contribution in [1.82, 2.24) is 0 Å². The van der Waals surface area contributed by atoms with E-state index in [1.807, 2.05) is 13.8 Å². The number of rotatable bonds is 3. The van der Waals surface area contributed by atoms with Gasteiger partial charge in [-0.25, -0.2) is 0 Å². The van der Waals surface area contributed by atoms with Crippen molar-refractivity contribution in [3.8, 4) is 0 Å². The van der Waals surface area contributed by atoms with E-state index in [2.05, 4.69) is 6.92 Å². The average Bonchev–Trinajstić information content (AvgIpc) is 2.97. The molecule has 0 bridgehead atoms. The lowest BCUT2D eigenvalue weighted by molar-refractivity contribution is -0.309. The third kappa shape index (κ3) is 3.34. The molecule has 8 nitrogen and oxygen atoms in total. The molecule has 4 aliphatic rings. The van der Waals surface area contributed by atoms with Crippen LogP contribution in [0, 0.1) is 17.3 Å². The minimum atomic E-state index is -1.47. The normalized spacial score (nSPS) is 50.2. The Balaban J connectivity index is 1.59. The molecule has 0 aromatic heterocycles. The summed E-state index contributed by atoms with van der Waals surface area (Å²) < 4.78 is 17.3. The molecule has 0 aromatic rings. The first kappa shape index (κ1) is 21.2. The summed E-state index contributed by atoms with van der Waals surface area (Å²) >= 11 is 0. The third-order valence-corrected chi connectivity index (χ3v) is 7.62. The maximum Gasteiger partial charge on any atom is 0.309 e. The molecule has 10 atom stereocenters. The van der Waals surface area contributed by atoms with Crippen LogP contribution in [0.3, 0.4) is 0 Å². The van der Waals surface area contributed by atoms with Crippen LogP contribution in [0.2, 0.25) is 0 Å². The SMILES string of the molecule is CC1=C2[C@H]3OC(=O)[C@@H](C)[C@@H]3CC[C@@]2(C)CC[C@@H]1O[C@H]1O[C@H](CO)[C@@H](O)[C@H](O)[C@H]1O. The zero-order valence-corrected chi connectivity index (χ0v) is 17.2. The maximum atomic E-state index is 12.2. The van der Waals surface area contributed by atoms with Gasteiger partial charge in [-0.05, 0) is 49.2 Å². The highest BCUT2D eigenvalue weighted by molar-refractivity contribution is 5.75. The maximum absolute atomic E-state index is 12.2. The monoisotopic (exact) mass is 412 g/mol. The van der Waals surface area contributed by atoms with Gasteiger partial charge >= 0.3 is 5.97 Å². The lowest BCUT2D eigenvalue weighted by Crippen LogP contribution is -2.60. The van der Waals surface area contributed by atoms with Gasteiger partial charge in [0.25, 0.3) is 0 Å². The fraction of sp³-hybridized carbons (Fsp3) is 0.857. The van der Waals surface area contributed by atoms with Gasteiger partial charge in [0.15, 0.2) is 6.29 Å². The zero-order chi connectivity index (χ0) is 21.1. The lowest BCUT2D eigenvalue weighted by atomic mass is 9.59. The van der Waals surface area contributed by atoms with Gasteiger partial charge in [0.2, 0.25) is 0 Å². The molecule has 29 heavy (non-hydrogen) atoms. The van der Waals surface area contributed by atoms with E-state index >= 15 is 0 Å². The molecule has 2 aliphatic heterocycles. The first-order chi connectivity index (χ1) is 13.7. The summed E-state index contributed by atoms with van der Waals surface area (Å²) in [7, 11) is 0. The smallest absolute Gasteiger partial charge is 0.309 e. The number of carbonyl (C=O) groups excluding carboxylic acids is 1. The number of aliphatic hydroxyl groups is 4. The molecule has 2 saturated heterocycles. The minimum absolute atomic E-state index is 0.0508. The van der Waals surface area contributed by atoms with Crippen LogP contribution in [0.4, 0.5) is 0 Å². The van der Waals surface area contributed by atoms with Crippen LogP contribution in [0.1, 0.15) is 46.5 Å². The quantitative estimate of drug-likeness (QED) is 0.384. The van der Waals surface area contributed by atoms with Gasteiger partial charge < -0.3 is 34.6 Å². The summed E-state index contributed by atoms with van der Waals surface area (Å²) in [6.45, 7) is 5.62. The third-order valence-electron chi connectivity index (χ3n) is 7.62. The molecule has 0 aromatic carbocycles. The summed E-state index contributed by atoms with van der Waals surface area (Å²) in [5, 5.41) is 39.7. The van der Waals surface area contributed by atoms with Gasteiger partial charge in [0, 0.05) is 5.92 Å². The Morgan fingerprint density at radius 2 is 1.83 bits per heavy atom. The van der Waals surface area contributed by atoms with Crippen molar-refractivity contribution < 1.29 is 39.4 Å². The number of carbonyl (C=O) groups is 1. The molecule has 4 rings (SSSR count). The molecule has 0 unspecified atom stereocenters. The summed E-state index contributed by atoms with van der Waals surface area (Å²) in [6, 6.07) is 0. The van der Waals surface area contributed by atoms with E-state index in [0.717, 1.165) is 30.4 Å². The van der Waals surface area contributed by atoms with Crippen molar-refractivity contribution in [2.24, 2.45) is 17.3 Å². The topological polar surface area (TPSA) is 126 Å². The van der Waals surface area contributed by atoms with E-state index in [0.29, 0.717) is 6.42 Å². The number of fused-ring (bicyclic) bond motifs is 3. The molecular weight excluding hydrogens is 380 g/mol. The largest absolute Gasteiger partial charge is 0.457 e. The van der Waals surface area contributed by atoms with E-state index in [9.17, 15) is 25.2 Å². The van der Waals surface area contributed by atoms with Crippen molar-refractivity contribution in [3.05, 3.63) is 11.1 Å². The minimum Gasteiger partial charge on any atom is -0.457 e. The molecule has 8 heteroatoms. The van der Waals surface area contributed by atoms with Gasteiger partial charge in [-0.1, -0.05) is 13.8 Å². The molecule has 2 heterocycles. The molecular formula is C21H32O8. The number of ether oxygens (including phenoxy) is 3. The van der Waals surface area contributed by atoms with Gasteiger partial charge in [0.1, 0.15) is 30.5 Å². The van der Waals surface area contributed by atoms with Gasteiger partial charge in [-0.15, -0.1) is 0 Å². The average molecular weight is 412 g/mol. The Morgan fingerprint density at radius 3 is 2.52 bits per heavy atom. The van der Waals surface area contributed by atoms with E-state index in [4.69, 9.17) is 14.2 Å². The Kier molecular flexibility index (Phi) is 5.55. The highest BCUT2D eigenvalue weighted by Gasteiger charge is 2.54. The van der Waals surface area contributed by atoms with Crippen molar-refractivity contribution in [2.45, 2.75) is 89.4 Å². The van der Waals surface area contributed by atoms with Gasteiger partial charge in [0.05, 0.1) is 18.6 Å². The first-order valence-corrected chi connectivity index (χ1v) is 10.6. The van der Waals surface area contributed by atoms with Crippen molar-refractivity contribution >= 4 is 5.97 Å². The number of esters is 1. The van der Waals surface area contributed by atoms with E-state index in [1.165, 1.54) is 0 Å². The predicted molar refractivity (Wildman–Crippen MR) is 100 cm³/mol. The first-order valence-electron chi connectivity index (χ1n) is 10.6. The fourth-order valence-corrected chi connectivity index (χ4v) is 5.71. The number of hydrogen-bond donors (Lipinski definition) is 4. The van der Waals surface area contributed by atoms with Gasteiger partial charge in [-0.2, -0.15) is 0 Å². The summed E-state index contributed by atoms with van der Waals surface area (Å²) in [4.78, 5) is 12.2. The predicted octanol–water partition coefficient (Wildman–Crippen LogP) is 0.260. The fourth-order valence-electron chi connectivity index (χ4n) is 5.71. The van der Waals surface area contributed by atoms with Gasteiger partial charge in [-0.3, -0.25) is 4.79 Å². The molecule has 0 amide bonds. The second-order valence-electron chi connectivity index (χ2n) is 9.37. The van der Waals surface area contributed by atoms with E-state index in [-0.39, 0.29) is 35.4 Å². The van der Waals surface area contributed by atoms with Crippen LogP contribution >= 0.6 is 0 Å². The van der Waals surface area contributed by atoms with Crippen molar-refractivity contribution in [3.63, 3.8) is 0 Å². The van der Waals surface area contributed by atoms with Crippen LogP contribution in [0.15, 0.2) is 11.1 Å². The highest BCUT2D eigenvalue weighted by atomic mass is 16.7. The number of hydrogen-bond acceptors (Lipinski definition) is 8. The summed E-state index contributed by atoms with van der Waals surface area (Å²) in [5.74, 6) is -0.0929. The van der Waals surface area contributed by atoms with E-state index < -0.39 is 37.3 Å². The second-order valence-corrected chi connectivity index (χ2v) is 9.37. The number of aliphatic hydroxyl groups excluding tert-OH is 4. The Morgan fingerprint density at radius 1 is 1.14 bits per heavy atom. The zero-order valence-electron chi connectivity index (χ0n) is 17.2. The lowest BCUT2D eigenvalue weighted by Gasteiger charge is -2.49. The molecule has 0 radical (unpaired) electrons. The standard InChI is InChI=1S/C21H32O8/c1-9-11-4-6-21(3)7-5-12(10(2)14(21)18(11)29-19(9)26)27-20-17(25)16(24)15(23)13(8-22)28-20/h9,11-13,15-18,20,22-25H,4-8H2,1-3H3/t9-,11-,12-,13+,15+,16-,17+,18-,20-,21-/m0/s1. The Hall–Kier alpha value is -1.03. The van der Waals surface area contributed by atoms with Crippen LogP contribution in [0.25, 0.3) is 0 Å². The van der Waals surface area contributed by atoms with Crippen LogP contribution in [0.5, 0.6) is 0 Å². The van der Waals surface area contributed by atoms with Crippen molar-refractivity contribution in [1.29, 1.82) is 0 Å². The van der Waals surface area contributed by atoms with Crippen LogP contribution in [-0.2, 0) is 19.0 Å². The Bertz CT molecular complexity index is 690. The van der Waals surface area contributed by atoms with Crippen LogP contribution < -0.4 is 0 Å². The molecule has 3 fully saturated rings. The van der Waals surface area contributed by atoms with Crippen LogP contribution in [-0.4, -0.2) is 75.9 Å². The molecule has 164 valence electrons. The van der Waals surface area contributed by atoms with E-state index in [1.54, 1.807) is 0 Å². The highest BCUT2D eigenvalue weighted by Crippen LogP contribution is 2.55. The Labute approximate surface area is 170 Å². The molecule has 1 saturated carbocycles. The summed E-state index contributed by atoms with van der Waals surface area (Å²) in [5.41, 5.74) is 2.05. The molecule has 4 N–H and O–H groups in total. The van der Waals surface area contributed by atoms with Crippen molar-refractivity contribution in [2.75, 3.05) is 6.61 Å². The second kappa shape index (κ2) is 7.59.